The summed E-state index contributed by atoms with van der Waals surface area (Å²) in [5.74, 6) is -8.43. The summed E-state index contributed by atoms with van der Waals surface area (Å²) < 4.78 is 0. The summed E-state index contributed by atoms with van der Waals surface area (Å²) in [5.41, 5.74) is -2.71. The van der Waals surface area contributed by atoms with Crippen LogP contribution in [0.4, 0.5) is 0 Å². The van der Waals surface area contributed by atoms with Gasteiger partial charge in [-0.15, -0.1) is 0 Å². The number of carbonyl (C=O) groups is 4. The molecule has 2 aliphatic heterocycles. The third-order valence-corrected chi connectivity index (χ3v) is 9.17. The van der Waals surface area contributed by atoms with Gasteiger partial charge in [0.1, 0.15) is 11.5 Å². The lowest BCUT2D eigenvalue weighted by Gasteiger charge is -2.36. The van der Waals surface area contributed by atoms with E-state index in [0.29, 0.717) is 0 Å². The molecule has 8 N–H and O–H groups in total. The Hall–Kier alpha value is -3.94. The number of hydrogen-bond donors (Lipinski definition) is 8. The first-order valence-electron chi connectivity index (χ1n) is 15.0. The van der Waals surface area contributed by atoms with Crippen LogP contribution in [0.1, 0.15) is 78.2 Å². The van der Waals surface area contributed by atoms with E-state index in [1.54, 1.807) is 19.9 Å². The third-order valence-electron chi connectivity index (χ3n) is 9.17. The average Bonchev–Trinajstić information content (AvgIpc) is 3.02. The lowest BCUT2D eigenvalue weighted by atomic mass is 9.78. The Labute approximate surface area is 267 Å². The molecular formula is C34H43NO11. The first-order chi connectivity index (χ1) is 21.3. The van der Waals surface area contributed by atoms with Gasteiger partial charge in [-0.2, -0.15) is 0 Å². The van der Waals surface area contributed by atoms with E-state index in [9.17, 15) is 54.9 Å². The maximum absolute atomic E-state index is 13.6. The largest absolute Gasteiger partial charge is 0.507 e. The van der Waals surface area contributed by atoms with Crippen LogP contribution in [-0.2, 0) is 4.79 Å². The number of fused-ring (bicyclic) bond motifs is 15. The molecule has 2 heterocycles. The average molecular weight is 642 g/mol. The van der Waals surface area contributed by atoms with E-state index in [4.69, 9.17) is 0 Å². The van der Waals surface area contributed by atoms with Crippen LogP contribution in [0.15, 0.2) is 47.2 Å². The van der Waals surface area contributed by atoms with Gasteiger partial charge in [-0.3, -0.25) is 19.2 Å². The van der Waals surface area contributed by atoms with Gasteiger partial charge in [0.2, 0.25) is 5.78 Å². The predicted octanol–water partition coefficient (Wildman–Crippen LogP) is 1.78. The number of aliphatic hydroxyl groups excluding tert-OH is 5. The van der Waals surface area contributed by atoms with Crippen molar-refractivity contribution in [3.8, 4) is 11.5 Å². The van der Waals surface area contributed by atoms with E-state index < -0.39 is 111 Å². The van der Waals surface area contributed by atoms with Gasteiger partial charge in [0.05, 0.1) is 52.9 Å². The maximum Gasteiger partial charge on any atom is 0.251 e. The second kappa shape index (κ2) is 14.2. The number of ketones is 3. The molecule has 4 bridgehead atoms. The zero-order valence-electron chi connectivity index (χ0n) is 26.8. The fourth-order valence-corrected chi connectivity index (χ4v) is 5.80. The molecule has 0 radical (unpaired) electrons. The summed E-state index contributed by atoms with van der Waals surface area (Å²) in [5, 5.41) is 78.6. The molecule has 1 amide bonds. The van der Waals surface area contributed by atoms with Crippen LogP contribution in [0.5, 0.6) is 11.5 Å². The number of nitrogens with one attached hydrogen (secondary N) is 1. The molecule has 12 nitrogen and oxygen atoms in total. The SMILES string of the molecule is CC1=CC=C[C@H](C)[C@H](O)[C@@H](C)[C@@H](O)[C@@H](C)[C@H](O)[C@H](C)[C@@H](O)C(O)C=C(C)C(=O)c2c(O)c(C)c(O)c3c2C(=O)C=C(NC1=O)C3=O. The Morgan fingerprint density at radius 2 is 1.15 bits per heavy atom. The molecule has 12 heteroatoms. The van der Waals surface area contributed by atoms with E-state index in [1.807, 2.05) is 0 Å². The smallest absolute Gasteiger partial charge is 0.251 e. The highest BCUT2D eigenvalue weighted by Crippen LogP contribution is 2.41. The monoisotopic (exact) mass is 641 g/mol. The second-order valence-corrected chi connectivity index (χ2v) is 12.5. The molecule has 0 saturated heterocycles. The summed E-state index contributed by atoms with van der Waals surface area (Å²) in [6, 6.07) is 0. The zero-order valence-corrected chi connectivity index (χ0v) is 26.8. The van der Waals surface area contributed by atoms with Crippen LogP contribution in [-0.4, -0.2) is 89.5 Å². The Balaban J connectivity index is 2.20. The van der Waals surface area contributed by atoms with Gasteiger partial charge in [0, 0.05) is 40.9 Å². The van der Waals surface area contributed by atoms with E-state index in [0.717, 1.165) is 12.2 Å². The number of phenols is 2. The molecule has 0 spiro atoms. The van der Waals surface area contributed by atoms with Crippen LogP contribution < -0.4 is 5.32 Å². The number of carbonyl (C=O) groups excluding carboxylic acids is 4. The number of amides is 1. The highest BCUT2D eigenvalue weighted by Gasteiger charge is 2.39. The van der Waals surface area contributed by atoms with Gasteiger partial charge in [-0.1, -0.05) is 45.9 Å². The fourth-order valence-electron chi connectivity index (χ4n) is 5.80. The van der Waals surface area contributed by atoms with E-state index in [1.165, 1.54) is 46.8 Å². The van der Waals surface area contributed by atoms with Crippen LogP contribution in [0.25, 0.3) is 0 Å². The summed E-state index contributed by atoms with van der Waals surface area (Å²) >= 11 is 0. The number of aromatic hydroxyl groups is 2. The number of phenolic OH excluding ortho intramolecular Hbond substituents is 2. The van der Waals surface area contributed by atoms with Crippen LogP contribution in [0, 0.1) is 30.6 Å². The number of aliphatic hydroxyl groups is 5. The van der Waals surface area contributed by atoms with Crippen molar-refractivity contribution in [1.29, 1.82) is 0 Å². The Morgan fingerprint density at radius 1 is 0.652 bits per heavy atom. The molecule has 1 aromatic rings. The number of benzene rings is 1. The Bertz CT molecular complexity index is 1550. The standard InChI is InChI=1S/C34H43NO11/c1-13-9-8-10-14(2)34(46)35-20-12-21(36)23-24(31(43)19(7)32(44)25(23)33(20)45)27(39)15(3)11-22(37)30(42)18(6)29(41)17(5)28(40)16(4)26(13)38/h8-13,16-18,22,26,28-30,37-38,40-44H,1-7H3,(H,35,46)/t13-,16+,17+,18-,22?,26-,28+,29-,30+/m0/s1. The summed E-state index contributed by atoms with van der Waals surface area (Å²) in [6.45, 7) is 10.1. The Morgan fingerprint density at radius 3 is 1.72 bits per heavy atom. The van der Waals surface area contributed by atoms with Crippen molar-refractivity contribution in [2.75, 3.05) is 0 Å². The molecule has 1 aromatic carbocycles. The second-order valence-electron chi connectivity index (χ2n) is 12.5. The minimum Gasteiger partial charge on any atom is -0.507 e. The molecule has 1 unspecified atom stereocenters. The molecule has 3 aliphatic rings. The molecule has 4 rings (SSSR count). The van der Waals surface area contributed by atoms with Crippen LogP contribution >= 0.6 is 0 Å². The molecule has 0 aromatic heterocycles. The topological polar surface area (TPSA) is 222 Å². The van der Waals surface area contributed by atoms with Crippen LogP contribution in [0.2, 0.25) is 0 Å². The van der Waals surface area contributed by atoms with Crippen molar-refractivity contribution in [2.24, 2.45) is 23.7 Å². The van der Waals surface area contributed by atoms with Crippen molar-refractivity contribution < 1.29 is 54.9 Å². The number of rotatable bonds is 0. The quantitative estimate of drug-likeness (QED) is 0.204. The fraction of sp³-hybridized carbons (Fsp3) is 0.471. The van der Waals surface area contributed by atoms with Gasteiger partial charge < -0.3 is 41.1 Å². The highest BCUT2D eigenvalue weighted by atomic mass is 16.3. The van der Waals surface area contributed by atoms with Gasteiger partial charge in [-0.25, -0.2) is 0 Å². The lowest BCUT2D eigenvalue weighted by molar-refractivity contribution is -0.116. The van der Waals surface area contributed by atoms with E-state index >= 15 is 0 Å². The first-order valence-corrected chi connectivity index (χ1v) is 15.0. The first kappa shape index (κ1) is 36.5. The summed E-state index contributed by atoms with van der Waals surface area (Å²) in [7, 11) is 0. The van der Waals surface area contributed by atoms with Crippen LogP contribution in [0.3, 0.4) is 0 Å². The van der Waals surface area contributed by atoms with Gasteiger partial charge in [0.25, 0.3) is 5.91 Å². The summed E-state index contributed by atoms with van der Waals surface area (Å²) in [4.78, 5) is 53.3. The minimum absolute atomic E-state index is 0.113. The number of hydrogen-bond acceptors (Lipinski definition) is 11. The van der Waals surface area contributed by atoms with E-state index in [2.05, 4.69) is 5.32 Å². The van der Waals surface area contributed by atoms with Crippen molar-refractivity contribution >= 4 is 23.3 Å². The molecule has 0 saturated carbocycles. The number of Topliss-reactive ketones (excluding diaryl/α,β-unsaturated/α-hetero) is 2. The Kier molecular flexibility index (Phi) is 11.3. The highest BCUT2D eigenvalue weighted by molar-refractivity contribution is 6.31. The molecule has 1 aliphatic carbocycles. The molecule has 0 fully saturated rings. The lowest BCUT2D eigenvalue weighted by Crippen LogP contribution is -2.46. The van der Waals surface area contributed by atoms with Gasteiger partial charge in [0.15, 0.2) is 11.6 Å². The molecule has 46 heavy (non-hydrogen) atoms. The number of allylic oxidation sites excluding steroid dienone is 5. The summed E-state index contributed by atoms with van der Waals surface area (Å²) in [6.07, 6.45) is -0.821. The zero-order chi connectivity index (χ0) is 34.9. The van der Waals surface area contributed by atoms with Crippen molar-refractivity contribution in [3.05, 3.63) is 69.5 Å². The third kappa shape index (κ3) is 6.91. The normalized spacial score (nSPS) is 32.1. The molecular weight excluding hydrogens is 598 g/mol. The van der Waals surface area contributed by atoms with Crippen molar-refractivity contribution in [2.45, 2.75) is 79.0 Å². The van der Waals surface area contributed by atoms with Crippen molar-refractivity contribution in [1.82, 2.24) is 5.32 Å². The minimum atomic E-state index is -1.74. The van der Waals surface area contributed by atoms with Crippen molar-refractivity contribution in [3.63, 3.8) is 0 Å². The molecule has 250 valence electrons. The van der Waals surface area contributed by atoms with E-state index in [-0.39, 0.29) is 16.7 Å². The molecule has 9 atom stereocenters. The van der Waals surface area contributed by atoms with Gasteiger partial charge in [-0.05, 0) is 32.4 Å². The van der Waals surface area contributed by atoms with Gasteiger partial charge >= 0.3 is 0 Å². The predicted molar refractivity (Wildman–Crippen MR) is 167 cm³/mol. The maximum atomic E-state index is 13.6.